The van der Waals surface area contributed by atoms with Crippen LogP contribution in [0.2, 0.25) is 0 Å². The second kappa shape index (κ2) is 7.97. The summed E-state index contributed by atoms with van der Waals surface area (Å²) in [4.78, 5) is 16.9. The Bertz CT molecular complexity index is 833. The SMILES string of the molecule is Cc1cc(-c2cccc(OCCN3CCOCC3)c2)c(C#N)c(=O)[nH]1. The number of hydrogen-bond donors (Lipinski definition) is 1. The van der Waals surface area contributed by atoms with Crippen molar-refractivity contribution in [2.75, 3.05) is 39.5 Å². The molecule has 0 saturated carbocycles. The number of nitrogens with zero attached hydrogens (tertiary/aromatic N) is 2. The Morgan fingerprint density at radius 2 is 2.12 bits per heavy atom. The summed E-state index contributed by atoms with van der Waals surface area (Å²) in [6.07, 6.45) is 0. The van der Waals surface area contributed by atoms with E-state index in [1.165, 1.54) is 0 Å². The number of rotatable bonds is 5. The van der Waals surface area contributed by atoms with E-state index >= 15 is 0 Å². The number of aryl methyl sites for hydroxylation is 1. The molecule has 0 radical (unpaired) electrons. The molecule has 1 aromatic heterocycles. The van der Waals surface area contributed by atoms with Crippen molar-refractivity contribution >= 4 is 0 Å². The first kappa shape index (κ1) is 17.2. The van der Waals surface area contributed by atoms with E-state index in [1.54, 1.807) is 6.92 Å². The number of nitrogens with one attached hydrogen (secondary N) is 1. The Kier molecular flexibility index (Phi) is 5.49. The Morgan fingerprint density at radius 3 is 2.88 bits per heavy atom. The Morgan fingerprint density at radius 1 is 1.32 bits per heavy atom. The van der Waals surface area contributed by atoms with Gasteiger partial charge < -0.3 is 14.5 Å². The first-order chi connectivity index (χ1) is 12.2. The molecule has 0 aliphatic carbocycles. The maximum absolute atomic E-state index is 12.0. The molecule has 130 valence electrons. The molecule has 2 heterocycles. The van der Waals surface area contributed by atoms with Gasteiger partial charge in [0.2, 0.25) is 0 Å². The van der Waals surface area contributed by atoms with Gasteiger partial charge in [0.25, 0.3) is 5.56 Å². The molecule has 6 nitrogen and oxygen atoms in total. The molecule has 0 atom stereocenters. The Hall–Kier alpha value is -2.62. The van der Waals surface area contributed by atoms with E-state index in [0.717, 1.165) is 49.9 Å². The molecular formula is C19H21N3O3. The lowest BCUT2D eigenvalue weighted by atomic mass is 10.0. The molecule has 1 aliphatic heterocycles. The summed E-state index contributed by atoms with van der Waals surface area (Å²) in [5.41, 5.74) is 1.90. The van der Waals surface area contributed by atoms with Gasteiger partial charge in [-0.25, -0.2) is 0 Å². The van der Waals surface area contributed by atoms with E-state index in [9.17, 15) is 10.1 Å². The van der Waals surface area contributed by atoms with Crippen molar-refractivity contribution in [1.82, 2.24) is 9.88 Å². The molecule has 1 saturated heterocycles. The van der Waals surface area contributed by atoms with Crippen LogP contribution in [-0.4, -0.2) is 49.3 Å². The third kappa shape index (κ3) is 4.27. The lowest BCUT2D eigenvalue weighted by Crippen LogP contribution is -2.38. The molecule has 3 rings (SSSR count). The minimum Gasteiger partial charge on any atom is -0.492 e. The van der Waals surface area contributed by atoms with Crippen LogP contribution in [-0.2, 0) is 4.74 Å². The molecule has 0 amide bonds. The molecule has 25 heavy (non-hydrogen) atoms. The van der Waals surface area contributed by atoms with Crippen LogP contribution < -0.4 is 10.3 Å². The fraction of sp³-hybridized carbons (Fsp3) is 0.368. The smallest absolute Gasteiger partial charge is 0.266 e. The van der Waals surface area contributed by atoms with Crippen LogP contribution in [0.25, 0.3) is 11.1 Å². The third-order valence-electron chi connectivity index (χ3n) is 4.20. The van der Waals surface area contributed by atoms with Crippen molar-refractivity contribution in [3.63, 3.8) is 0 Å². The topological polar surface area (TPSA) is 78.3 Å². The highest BCUT2D eigenvalue weighted by atomic mass is 16.5. The molecule has 1 aromatic carbocycles. The van der Waals surface area contributed by atoms with E-state index in [-0.39, 0.29) is 11.1 Å². The molecule has 0 bridgehead atoms. The van der Waals surface area contributed by atoms with Crippen LogP contribution in [0.3, 0.4) is 0 Å². The molecule has 0 unspecified atom stereocenters. The number of aromatic amines is 1. The van der Waals surface area contributed by atoms with E-state index < -0.39 is 0 Å². The van der Waals surface area contributed by atoms with E-state index in [0.29, 0.717) is 12.2 Å². The fourth-order valence-corrected chi connectivity index (χ4v) is 2.90. The highest BCUT2D eigenvalue weighted by Crippen LogP contribution is 2.25. The zero-order valence-electron chi connectivity index (χ0n) is 14.2. The number of benzene rings is 1. The molecule has 0 spiro atoms. The number of hydrogen-bond acceptors (Lipinski definition) is 5. The van der Waals surface area contributed by atoms with Gasteiger partial charge >= 0.3 is 0 Å². The summed E-state index contributed by atoms with van der Waals surface area (Å²) < 4.78 is 11.2. The number of aromatic nitrogens is 1. The van der Waals surface area contributed by atoms with Gasteiger partial charge in [-0.15, -0.1) is 0 Å². The average Bonchev–Trinajstić information content (AvgIpc) is 2.62. The van der Waals surface area contributed by atoms with Gasteiger partial charge in [-0.05, 0) is 30.7 Å². The minimum absolute atomic E-state index is 0.121. The summed E-state index contributed by atoms with van der Waals surface area (Å²) >= 11 is 0. The van der Waals surface area contributed by atoms with Crippen molar-refractivity contribution in [3.8, 4) is 22.9 Å². The number of nitriles is 1. The molecule has 1 N–H and O–H groups in total. The van der Waals surface area contributed by atoms with Crippen molar-refractivity contribution in [2.24, 2.45) is 0 Å². The fourth-order valence-electron chi connectivity index (χ4n) is 2.90. The second-order valence-electron chi connectivity index (χ2n) is 6.01. The predicted molar refractivity (Wildman–Crippen MR) is 94.7 cm³/mol. The van der Waals surface area contributed by atoms with Crippen LogP contribution >= 0.6 is 0 Å². The monoisotopic (exact) mass is 339 g/mol. The zero-order chi connectivity index (χ0) is 17.6. The van der Waals surface area contributed by atoms with Gasteiger partial charge in [0.05, 0.1) is 13.2 Å². The number of H-pyrrole nitrogens is 1. The van der Waals surface area contributed by atoms with Crippen LogP contribution in [0.15, 0.2) is 35.1 Å². The maximum atomic E-state index is 12.0. The zero-order valence-corrected chi connectivity index (χ0v) is 14.2. The van der Waals surface area contributed by atoms with Crippen LogP contribution in [0.4, 0.5) is 0 Å². The lowest BCUT2D eigenvalue weighted by Gasteiger charge is -2.26. The standard InChI is InChI=1S/C19H21N3O3/c1-14-11-17(18(13-20)19(23)21-14)15-3-2-4-16(12-15)25-10-7-22-5-8-24-9-6-22/h2-4,11-12H,5-10H2,1H3,(H,21,23). The molecule has 1 fully saturated rings. The van der Waals surface area contributed by atoms with E-state index in [4.69, 9.17) is 9.47 Å². The first-order valence-electron chi connectivity index (χ1n) is 8.35. The Balaban J connectivity index is 1.74. The highest BCUT2D eigenvalue weighted by Gasteiger charge is 2.12. The third-order valence-corrected chi connectivity index (χ3v) is 4.20. The number of pyridine rings is 1. The van der Waals surface area contributed by atoms with Crippen molar-refractivity contribution in [3.05, 3.63) is 51.9 Å². The quantitative estimate of drug-likeness (QED) is 0.900. The van der Waals surface area contributed by atoms with Crippen molar-refractivity contribution in [1.29, 1.82) is 5.26 Å². The summed E-state index contributed by atoms with van der Waals surface area (Å²) in [6, 6.07) is 11.3. The van der Waals surface area contributed by atoms with Crippen LogP contribution in [0, 0.1) is 18.3 Å². The van der Waals surface area contributed by atoms with Crippen molar-refractivity contribution < 1.29 is 9.47 Å². The number of morpholine rings is 1. The Labute approximate surface area is 146 Å². The predicted octanol–water partition coefficient (Wildman–Crippen LogP) is 1.93. The molecular weight excluding hydrogens is 318 g/mol. The maximum Gasteiger partial charge on any atom is 0.266 e. The summed E-state index contributed by atoms with van der Waals surface area (Å²) in [5, 5.41) is 9.29. The van der Waals surface area contributed by atoms with E-state index in [2.05, 4.69) is 9.88 Å². The summed E-state index contributed by atoms with van der Waals surface area (Å²) in [5.74, 6) is 0.729. The number of ether oxygens (including phenoxy) is 2. The molecule has 1 aliphatic rings. The second-order valence-corrected chi connectivity index (χ2v) is 6.01. The lowest BCUT2D eigenvalue weighted by molar-refractivity contribution is 0.0322. The van der Waals surface area contributed by atoms with Gasteiger partial charge in [0, 0.05) is 30.9 Å². The summed E-state index contributed by atoms with van der Waals surface area (Å²) in [6.45, 7) is 6.64. The van der Waals surface area contributed by atoms with Crippen LogP contribution in [0.1, 0.15) is 11.3 Å². The van der Waals surface area contributed by atoms with Gasteiger partial charge in [-0.1, -0.05) is 12.1 Å². The van der Waals surface area contributed by atoms with Crippen molar-refractivity contribution in [2.45, 2.75) is 6.92 Å². The average molecular weight is 339 g/mol. The largest absolute Gasteiger partial charge is 0.492 e. The van der Waals surface area contributed by atoms with Gasteiger partial charge in [-0.3, -0.25) is 9.69 Å². The normalized spacial score (nSPS) is 14.9. The van der Waals surface area contributed by atoms with Gasteiger partial charge in [-0.2, -0.15) is 5.26 Å². The van der Waals surface area contributed by atoms with Crippen LogP contribution in [0.5, 0.6) is 5.75 Å². The molecule has 2 aromatic rings. The van der Waals surface area contributed by atoms with Gasteiger partial charge in [0.1, 0.15) is 24.0 Å². The van der Waals surface area contributed by atoms with E-state index in [1.807, 2.05) is 36.4 Å². The minimum atomic E-state index is -0.365. The first-order valence-corrected chi connectivity index (χ1v) is 8.35. The molecule has 6 heteroatoms. The summed E-state index contributed by atoms with van der Waals surface area (Å²) in [7, 11) is 0. The van der Waals surface area contributed by atoms with Gasteiger partial charge in [0.15, 0.2) is 0 Å². The highest BCUT2D eigenvalue weighted by molar-refractivity contribution is 5.71.